The van der Waals surface area contributed by atoms with E-state index >= 15 is 0 Å². The van der Waals surface area contributed by atoms with Crippen molar-refractivity contribution in [3.8, 4) is 5.75 Å². The molecule has 1 aromatic carbocycles. The number of rotatable bonds is 3. The van der Waals surface area contributed by atoms with Gasteiger partial charge in [-0.3, -0.25) is 4.79 Å². The van der Waals surface area contributed by atoms with E-state index in [0.717, 1.165) is 0 Å². The van der Waals surface area contributed by atoms with Crippen molar-refractivity contribution in [2.24, 2.45) is 0 Å². The third kappa shape index (κ3) is 3.36. The van der Waals surface area contributed by atoms with Crippen LogP contribution < -0.4 is 10.1 Å². The average molecular weight is 297 g/mol. The van der Waals surface area contributed by atoms with Gasteiger partial charge in [-0.15, -0.1) is 0 Å². The second-order valence-electron chi connectivity index (χ2n) is 3.64. The van der Waals surface area contributed by atoms with Crippen LogP contribution in [0.25, 0.3) is 0 Å². The van der Waals surface area contributed by atoms with E-state index in [9.17, 15) is 4.79 Å². The van der Waals surface area contributed by atoms with E-state index in [1.165, 1.54) is 7.11 Å². The van der Waals surface area contributed by atoms with Gasteiger partial charge in [-0.1, -0.05) is 29.3 Å². The van der Waals surface area contributed by atoms with Crippen LogP contribution in [0.3, 0.4) is 0 Å². The third-order valence-corrected chi connectivity index (χ3v) is 2.81. The van der Waals surface area contributed by atoms with Gasteiger partial charge in [0, 0.05) is 5.02 Å². The largest absolute Gasteiger partial charge is 0.496 e. The van der Waals surface area contributed by atoms with Crippen LogP contribution in [0.2, 0.25) is 10.2 Å². The molecule has 0 saturated heterocycles. The number of aromatic nitrogens is 1. The minimum atomic E-state index is -0.344. The number of halogens is 2. The zero-order chi connectivity index (χ0) is 13.8. The maximum absolute atomic E-state index is 12.1. The van der Waals surface area contributed by atoms with Gasteiger partial charge in [-0.05, 0) is 30.3 Å². The second kappa shape index (κ2) is 5.91. The zero-order valence-electron chi connectivity index (χ0n) is 9.98. The highest BCUT2D eigenvalue weighted by atomic mass is 35.5. The number of hydrogen-bond acceptors (Lipinski definition) is 3. The summed E-state index contributed by atoms with van der Waals surface area (Å²) in [7, 11) is 1.47. The minimum absolute atomic E-state index is 0.306. The molecule has 2 rings (SSSR count). The van der Waals surface area contributed by atoms with Gasteiger partial charge in [0.15, 0.2) is 0 Å². The Bertz CT molecular complexity index is 617. The molecule has 0 spiro atoms. The first kappa shape index (κ1) is 13.6. The quantitative estimate of drug-likeness (QED) is 0.880. The number of amides is 1. The van der Waals surface area contributed by atoms with E-state index in [1.54, 1.807) is 36.4 Å². The summed E-state index contributed by atoms with van der Waals surface area (Å²) < 4.78 is 5.12. The van der Waals surface area contributed by atoms with Crippen LogP contribution in [0.5, 0.6) is 5.75 Å². The highest BCUT2D eigenvalue weighted by molar-refractivity contribution is 6.31. The lowest BCUT2D eigenvalue weighted by molar-refractivity contribution is 0.102. The lowest BCUT2D eigenvalue weighted by Gasteiger charge is -2.09. The molecule has 1 N–H and O–H groups in total. The number of carbonyl (C=O) groups excluding carboxylic acids is 1. The van der Waals surface area contributed by atoms with Crippen LogP contribution in [-0.4, -0.2) is 18.0 Å². The van der Waals surface area contributed by atoms with Gasteiger partial charge in [0.2, 0.25) is 0 Å². The van der Waals surface area contributed by atoms with Crippen LogP contribution in [0, 0.1) is 0 Å². The summed E-state index contributed by atoms with van der Waals surface area (Å²) in [6.07, 6.45) is 0. The average Bonchev–Trinajstić information content (AvgIpc) is 2.38. The summed E-state index contributed by atoms with van der Waals surface area (Å²) in [6, 6.07) is 9.74. The van der Waals surface area contributed by atoms with Crippen LogP contribution in [0.4, 0.5) is 5.82 Å². The van der Waals surface area contributed by atoms with Gasteiger partial charge < -0.3 is 10.1 Å². The third-order valence-electron chi connectivity index (χ3n) is 2.36. The Morgan fingerprint density at radius 2 is 2.05 bits per heavy atom. The summed E-state index contributed by atoms with van der Waals surface area (Å²) in [6.45, 7) is 0. The molecular formula is C13H10Cl2N2O2. The summed E-state index contributed by atoms with van der Waals surface area (Å²) in [5.41, 5.74) is 0.369. The highest BCUT2D eigenvalue weighted by Crippen LogP contribution is 2.24. The Labute approximate surface area is 120 Å². The molecule has 0 atom stereocenters. The molecule has 2 aromatic rings. The van der Waals surface area contributed by atoms with Crippen LogP contribution in [0.1, 0.15) is 10.4 Å². The zero-order valence-corrected chi connectivity index (χ0v) is 11.5. The van der Waals surface area contributed by atoms with E-state index in [-0.39, 0.29) is 5.91 Å². The Balaban J connectivity index is 2.25. The minimum Gasteiger partial charge on any atom is -0.496 e. The Kier molecular flexibility index (Phi) is 4.24. The Morgan fingerprint density at radius 3 is 2.74 bits per heavy atom. The Hall–Kier alpha value is -1.78. The molecule has 98 valence electrons. The molecule has 0 saturated carbocycles. The van der Waals surface area contributed by atoms with Crippen molar-refractivity contribution in [2.75, 3.05) is 12.4 Å². The molecule has 0 unspecified atom stereocenters. The Morgan fingerprint density at radius 1 is 1.26 bits per heavy atom. The monoisotopic (exact) mass is 296 g/mol. The maximum Gasteiger partial charge on any atom is 0.260 e. The first-order chi connectivity index (χ1) is 9.10. The number of ether oxygens (including phenoxy) is 1. The van der Waals surface area contributed by atoms with Gasteiger partial charge in [0.25, 0.3) is 5.91 Å². The molecule has 0 aliphatic heterocycles. The SMILES string of the molecule is COc1cc(Cl)ccc1C(=O)Nc1cccc(Cl)n1. The first-order valence-corrected chi connectivity index (χ1v) is 6.13. The molecule has 0 bridgehead atoms. The van der Waals surface area contributed by atoms with Crippen LogP contribution in [0.15, 0.2) is 36.4 Å². The van der Waals surface area contributed by atoms with Crippen molar-refractivity contribution >= 4 is 34.9 Å². The van der Waals surface area contributed by atoms with E-state index in [0.29, 0.717) is 27.3 Å². The number of anilines is 1. The normalized spacial score (nSPS) is 10.1. The maximum atomic E-state index is 12.1. The number of benzene rings is 1. The van der Waals surface area contributed by atoms with Crippen molar-refractivity contribution in [1.82, 2.24) is 4.98 Å². The highest BCUT2D eigenvalue weighted by Gasteiger charge is 2.13. The van der Waals surface area contributed by atoms with Gasteiger partial charge in [0.05, 0.1) is 12.7 Å². The number of hydrogen-bond donors (Lipinski definition) is 1. The summed E-state index contributed by atoms with van der Waals surface area (Å²) in [4.78, 5) is 16.1. The fourth-order valence-corrected chi connectivity index (χ4v) is 1.84. The fourth-order valence-electron chi connectivity index (χ4n) is 1.51. The van der Waals surface area contributed by atoms with Gasteiger partial charge >= 0.3 is 0 Å². The van der Waals surface area contributed by atoms with Crippen molar-refractivity contribution in [3.63, 3.8) is 0 Å². The first-order valence-electron chi connectivity index (χ1n) is 5.37. The van der Waals surface area contributed by atoms with E-state index in [2.05, 4.69) is 10.3 Å². The number of nitrogens with zero attached hydrogens (tertiary/aromatic N) is 1. The standard InChI is InChI=1S/C13H10Cl2N2O2/c1-19-10-7-8(14)5-6-9(10)13(18)17-12-4-2-3-11(15)16-12/h2-7H,1H3,(H,16,17,18). The summed E-state index contributed by atoms with van der Waals surface area (Å²) in [5.74, 6) is 0.421. The van der Waals surface area contributed by atoms with E-state index in [4.69, 9.17) is 27.9 Å². The summed E-state index contributed by atoms with van der Waals surface area (Å²) in [5, 5.41) is 3.44. The van der Waals surface area contributed by atoms with Crippen molar-refractivity contribution in [1.29, 1.82) is 0 Å². The van der Waals surface area contributed by atoms with Crippen molar-refractivity contribution in [3.05, 3.63) is 52.1 Å². The van der Waals surface area contributed by atoms with E-state index in [1.807, 2.05) is 0 Å². The van der Waals surface area contributed by atoms with Gasteiger partial charge in [-0.2, -0.15) is 0 Å². The molecule has 0 fully saturated rings. The molecular weight excluding hydrogens is 287 g/mol. The van der Waals surface area contributed by atoms with E-state index < -0.39 is 0 Å². The molecule has 0 aliphatic carbocycles. The number of methoxy groups -OCH3 is 1. The molecule has 19 heavy (non-hydrogen) atoms. The number of pyridine rings is 1. The number of carbonyl (C=O) groups is 1. The molecule has 0 radical (unpaired) electrons. The lowest BCUT2D eigenvalue weighted by Crippen LogP contribution is -2.14. The number of nitrogens with one attached hydrogen (secondary N) is 1. The van der Waals surface area contributed by atoms with Crippen LogP contribution in [-0.2, 0) is 0 Å². The smallest absolute Gasteiger partial charge is 0.260 e. The molecule has 1 amide bonds. The molecule has 6 heteroatoms. The topological polar surface area (TPSA) is 51.2 Å². The molecule has 1 aromatic heterocycles. The second-order valence-corrected chi connectivity index (χ2v) is 4.47. The fraction of sp³-hybridized carbons (Fsp3) is 0.0769. The van der Waals surface area contributed by atoms with Crippen molar-refractivity contribution < 1.29 is 9.53 Å². The molecule has 1 heterocycles. The molecule has 4 nitrogen and oxygen atoms in total. The predicted molar refractivity (Wildman–Crippen MR) is 75.2 cm³/mol. The lowest BCUT2D eigenvalue weighted by atomic mass is 10.2. The van der Waals surface area contributed by atoms with Gasteiger partial charge in [-0.25, -0.2) is 4.98 Å². The van der Waals surface area contributed by atoms with Gasteiger partial charge in [0.1, 0.15) is 16.7 Å². The molecule has 0 aliphatic rings. The predicted octanol–water partition coefficient (Wildman–Crippen LogP) is 3.65. The van der Waals surface area contributed by atoms with Crippen molar-refractivity contribution in [2.45, 2.75) is 0 Å². The van der Waals surface area contributed by atoms with Crippen LogP contribution >= 0.6 is 23.2 Å². The summed E-state index contributed by atoms with van der Waals surface area (Å²) >= 11 is 11.6.